The first-order valence-corrected chi connectivity index (χ1v) is 7.78. The van der Waals surface area contributed by atoms with Crippen molar-refractivity contribution in [2.24, 2.45) is 5.73 Å². The maximum absolute atomic E-state index is 12.9. The molecule has 5 heteroatoms. The Morgan fingerprint density at radius 3 is 2.81 bits per heavy atom. The highest BCUT2D eigenvalue weighted by Crippen LogP contribution is 2.34. The Morgan fingerprint density at radius 2 is 2.10 bits per heavy atom. The number of para-hydroxylation sites is 1. The summed E-state index contributed by atoms with van der Waals surface area (Å²) in [5.74, 6) is -0.593. The molecule has 0 radical (unpaired) electrons. The van der Waals surface area contributed by atoms with E-state index in [0.29, 0.717) is 11.3 Å². The van der Waals surface area contributed by atoms with Crippen LogP contribution in [-0.2, 0) is 17.6 Å². The molecule has 1 aromatic heterocycles. The summed E-state index contributed by atoms with van der Waals surface area (Å²) in [6.45, 7) is 2.02. The van der Waals surface area contributed by atoms with Crippen LogP contribution in [0.5, 0.6) is 0 Å². The molecule has 0 saturated heterocycles. The average Bonchev–Trinajstić information content (AvgIpc) is 3.10. The van der Waals surface area contributed by atoms with E-state index in [4.69, 9.17) is 5.73 Å². The number of nitrogens with zero attached hydrogens (tertiary/aromatic N) is 1. The Kier molecular flexibility index (Phi) is 3.51. The molecule has 2 N–H and O–H groups in total. The molecular weight excluding hydrogens is 284 g/mol. The third kappa shape index (κ3) is 2.23. The normalized spacial score (nSPS) is 16.8. The number of carbonyl (C=O) groups excluding carboxylic acids is 2. The first-order valence-electron chi connectivity index (χ1n) is 6.90. The van der Waals surface area contributed by atoms with Crippen molar-refractivity contribution < 1.29 is 9.59 Å². The third-order valence-electron chi connectivity index (χ3n) is 3.85. The fourth-order valence-corrected chi connectivity index (χ4v) is 3.71. The monoisotopic (exact) mass is 300 g/mol. The Hall–Kier alpha value is -2.14. The van der Waals surface area contributed by atoms with Gasteiger partial charge in [-0.05, 0) is 35.1 Å². The van der Waals surface area contributed by atoms with Gasteiger partial charge in [0.05, 0.1) is 4.88 Å². The van der Waals surface area contributed by atoms with Crippen molar-refractivity contribution in [3.8, 4) is 0 Å². The quantitative estimate of drug-likeness (QED) is 0.946. The number of rotatable bonds is 3. The fourth-order valence-electron chi connectivity index (χ4n) is 2.78. The highest BCUT2D eigenvalue weighted by atomic mass is 32.1. The standard InChI is InChI=1S/C16H16N2O2S/c1-2-10-7-8-21-14(10)16(20)18-12-6-4-3-5-11(12)9-13(18)15(17)19/h3-8,13H,2,9H2,1H3,(H2,17,19)/t13-/m0/s1. The Balaban J connectivity index is 2.06. The maximum atomic E-state index is 12.9. The summed E-state index contributed by atoms with van der Waals surface area (Å²) in [6, 6.07) is 8.95. The lowest BCUT2D eigenvalue weighted by atomic mass is 10.1. The molecular formula is C16H16N2O2S. The topological polar surface area (TPSA) is 63.4 Å². The van der Waals surface area contributed by atoms with Crippen LogP contribution >= 0.6 is 11.3 Å². The molecule has 1 aromatic carbocycles. The first-order chi connectivity index (χ1) is 10.1. The van der Waals surface area contributed by atoms with Crippen LogP contribution < -0.4 is 10.6 Å². The van der Waals surface area contributed by atoms with Crippen molar-refractivity contribution in [3.63, 3.8) is 0 Å². The number of benzene rings is 1. The molecule has 0 unspecified atom stereocenters. The molecule has 0 spiro atoms. The van der Waals surface area contributed by atoms with Crippen molar-refractivity contribution in [2.45, 2.75) is 25.8 Å². The summed E-state index contributed by atoms with van der Waals surface area (Å²) in [5.41, 5.74) is 8.29. The van der Waals surface area contributed by atoms with Gasteiger partial charge in [-0.1, -0.05) is 25.1 Å². The zero-order chi connectivity index (χ0) is 15.0. The van der Waals surface area contributed by atoms with Gasteiger partial charge in [-0.3, -0.25) is 14.5 Å². The number of hydrogen-bond acceptors (Lipinski definition) is 3. The van der Waals surface area contributed by atoms with Crippen LogP contribution in [0.25, 0.3) is 0 Å². The molecule has 0 aliphatic carbocycles. The SMILES string of the molecule is CCc1ccsc1C(=O)N1c2ccccc2C[C@H]1C(N)=O. The number of carbonyl (C=O) groups is 2. The number of thiophene rings is 1. The van der Waals surface area contributed by atoms with Crippen molar-refractivity contribution >= 4 is 28.8 Å². The Morgan fingerprint density at radius 1 is 1.33 bits per heavy atom. The van der Waals surface area contributed by atoms with E-state index in [2.05, 4.69) is 0 Å². The van der Waals surface area contributed by atoms with E-state index >= 15 is 0 Å². The molecule has 2 heterocycles. The van der Waals surface area contributed by atoms with E-state index < -0.39 is 11.9 Å². The lowest BCUT2D eigenvalue weighted by Gasteiger charge is -2.23. The largest absolute Gasteiger partial charge is 0.368 e. The van der Waals surface area contributed by atoms with Crippen molar-refractivity contribution in [1.29, 1.82) is 0 Å². The summed E-state index contributed by atoms with van der Waals surface area (Å²) < 4.78 is 0. The third-order valence-corrected chi connectivity index (χ3v) is 4.79. The number of aryl methyl sites for hydroxylation is 1. The molecule has 0 fully saturated rings. The minimum absolute atomic E-state index is 0.129. The molecule has 108 valence electrons. The number of fused-ring (bicyclic) bond motifs is 1. The van der Waals surface area contributed by atoms with E-state index in [-0.39, 0.29) is 5.91 Å². The highest BCUT2D eigenvalue weighted by Gasteiger charge is 2.38. The van der Waals surface area contributed by atoms with Crippen LogP contribution in [0.4, 0.5) is 5.69 Å². The van der Waals surface area contributed by atoms with Gasteiger partial charge in [-0.15, -0.1) is 11.3 Å². The van der Waals surface area contributed by atoms with Crippen LogP contribution in [0.1, 0.15) is 27.7 Å². The zero-order valence-electron chi connectivity index (χ0n) is 11.7. The maximum Gasteiger partial charge on any atom is 0.269 e. The van der Waals surface area contributed by atoms with Gasteiger partial charge in [0.15, 0.2) is 0 Å². The van der Waals surface area contributed by atoms with Crippen LogP contribution in [0.3, 0.4) is 0 Å². The second-order valence-corrected chi connectivity index (χ2v) is 5.97. The molecule has 4 nitrogen and oxygen atoms in total. The van der Waals surface area contributed by atoms with E-state index in [1.807, 2.05) is 42.6 Å². The lowest BCUT2D eigenvalue weighted by Crippen LogP contribution is -2.46. The van der Waals surface area contributed by atoms with E-state index in [1.165, 1.54) is 11.3 Å². The molecule has 0 saturated carbocycles. The van der Waals surface area contributed by atoms with Gasteiger partial charge < -0.3 is 5.73 Å². The van der Waals surface area contributed by atoms with Gasteiger partial charge in [0.1, 0.15) is 6.04 Å². The Bertz CT molecular complexity index is 708. The minimum Gasteiger partial charge on any atom is -0.368 e. The fraction of sp³-hybridized carbons (Fsp3) is 0.250. The molecule has 21 heavy (non-hydrogen) atoms. The van der Waals surface area contributed by atoms with Gasteiger partial charge in [-0.2, -0.15) is 0 Å². The second kappa shape index (κ2) is 5.33. The van der Waals surface area contributed by atoms with E-state index in [1.54, 1.807) is 4.90 Å². The van der Waals surface area contributed by atoms with Gasteiger partial charge in [0, 0.05) is 12.1 Å². The van der Waals surface area contributed by atoms with Crippen LogP contribution in [0.2, 0.25) is 0 Å². The van der Waals surface area contributed by atoms with Gasteiger partial charge >= 0.3 is 0 Å². The van der Waals surface area contributed by atoms with Crippen molar-refractivity contribution in [1.82, 2.24) is 0 Å². The summed E-state index contributed by atoms with van der Waals surface area (Å²) >= 11 is 1.41. The number of amides is 2. The summed E-state index contributed by atoms with van der Waals surface area (Å²) in [5, 5.41) is 1.91. The summed E-state index contributed by atoms with van der Waals surface area (Å²) in [7, 11) is 0. The molecule has 1 aliphatic rings. The number of nitrogens with two attached hydrogens (primary N) is 1. The molecule has 1 atom stereocenters. The summed E-state index contributed by atoms with van der Waals surface area (Å²) in [4.78, 5) is 26.9. The molecule has 3 rings (SSSR count). The Labute approximate surface area is 127 Å². The predicted octanol–water partition coefficient (Wildman–Crippen LogP) is 2.37. The number of hydrogen-bond donors (Lipinski definition) is 1. The van der Waals surface area contributed by atoms with Crippen LogP contribution in [0.15, 0.2) is 35.7 Å². The zero-order valence-corrected chi connectivity index (χ0v) is 12.5. The van der Waals surface area contributed by atoms with E-state index in [0.717, 1.165) is 23.2 Å². The first kappa shape index (κ1) is 13.8. The summed E-state index contributed by atoms with van der Waals surface area (Å²) in [6.07, 6.45) is 1.28. The molecule has 2 aromatic rings. The van der Waals surface area contributed by atoms with Crippen LogP contribution in [-0.4, -0.2) is 17.9 Å². The highest BCUT2D eigenvalue weighted by molar-refractivity contribution is 7.12. The van der Waals surface area contributed by atoms with Crippen molar-refractivity contribution in [3.05, 3.63) is 51.7 Å². The molecule has 2 amide bonds. The van der Waals surface area contributed by atoms with Gasteiger partial charge in [-0.25, -0.2) is 0 Å². The van der Waals surface area contributed by atoms with Crippen molar-refractivity contribution in [2.75, 3.05) is 4.90 Å². The predicted molar refractivity (Wildman–Crippen MR) is 83.6 cm³/mol. The molecule has 0 bridgehead atoms. The van der Waals surface area contributed by atoms with E-state index in [9.17, 15) is 9.59 Å². The average molecular weight is 300 g/mol. The smallest absolute Gasteiger partial charge is 0.269 e. The van der Waals surface area contributed by atoms with Crippen LogP contribution in [0, 0.1) is 0 Å². The second-order valence-electron chi connectivity index (χ2n) is 5.05. The number of anilines is 1. The van der Waals surface area contributed by atoms with Gasteiger partial charge in [0.2, 0.25) is 5.91 Å². The number of primary amides is 1. The lowest BCUT2D eigenvalue weighted by molar-refractivity contribution is -0.119. The minimum atomic E-state index is -0.596. The van der Waals surface area contributed by atoms with Gasteiger partial charge in [0.25, 0.3) is 5.91 Å². The molecule has 1 aliphatic heterocycles.